The van der Waals surface area contributed by atoms with Gasteiger partial charge >= 0.3 is 5.97 Å². The lowest BCUT2D eigenvalue weighted by Gasteiger charge is -2.09. The molecule has 0 spiro atoms. The van der Waals surface area contributed by atoms with Crippen LogP contribution in [0.5, 0.6) is 0 Å². The number of anilines is 1. The van der Waals surface area contributed by atoms with Crippen LogP contribution in [0.4, 0.5) is 14.5 Å². The molecule has 0 fully saturated rings. The Hall–Kier alpha value is -2.76. The molecule has 6 heteroatoms. The second-order valence-corrected chi connectivity index (χ2v) is 3.93. The standard InChI is InChI=1S/C14H9F2NO3/c15-9-6-4-8(5-7-9)13(18)17-12-10(14(19)20)2-1-3-11(12)16/h1-7H,(H,17,18)(H,19,20). The minimum Gasteiger partial charge on any atom is -0.478 e. The molecule has 0 atom stereocenters. The maximum atomic E-state index is 13.6. The molecule has 0 unspecified atom stereocenters. The fraction of sp³-hybridized carbons (Fsp3) is 0. The lowest BCUT2D eigenvalue weighted by atomic mass is 10.1. The Morgan fingerprint density at radius 3 is 2.25 bits per heavy atom. The predicted octanol–water partition coefficient (Wildman–Crippen LogP) is 2.92. The number of amides is 1. The molecule has 0 aliphatic heterocycles. The van der Waals surface area contributed by atoms with E-state index >= 15 is 0 Å². The number of aromatic carboxylic acids is 1. The number of carboxylic acid groups (broad SMARTS) is 1. The van der Waals surface area contributed by atoms with E-state index in [1.807, 2.05) is 0 Å². The monoisotopic (exact) mass is 277 g/mol. The number of rotatable bonds is 3. The van der Waals surface area contributed by atoms with E-state index in [0.717, 1.165) is 18.2 Å². The molecule has 0 heterocycles. The first kappa shape index (κ1) is 13.7. The molecule has 1 amide bonds. The molecular weight excluding hydrogens is 268 g/mol. The van der Waals surface area contributed by atoms with Crippen molar-refractivity contribution in [2.45, 2.75) is 0 Å². The second kappa shape index (κ2) is 5.48. The van der Waals surface area contributed by atoms with Crippen molar-refractivity contribution in [2.24, 2.45) is 0 Å². The van der Waals surface area contributed by atoms with Crippen molar-refractivity contribution in [3.05, 3.63) is 65.2 Å². The normalized spacial score (nSPS) is 10.1. The van der Waals surface area contributed by atoms with E-state index in [-0.39, 0.29) is 11.1 Å². The largest absolute Gasteiger partial charge is 0.478 e. The van der Waals surface area contributed by atoms with Crippen LogP contribution in [-0.4, -0.2) is 17.0 Å². The third-order valence-corrected chi connectivity index (χ3v) is 2.59. The van der Waals surface area contributed by atoms with Crippen molar-refractivity contribution in [2.75, 3.05) is 5.32 Å². The SMILES string of the molecule is O=C(Nc1c(F)cccc1C(=O)O)c1ccc(F)cc1. The number of nitrogens with one attached hydrogen (secondary N) is 1. The van der Waals surface area contributed by atoms with Crippen molar-refractivity contribution in [3.8, 4) is 0 Å². The summed E-state index contributed by atoms with van der Waals surface area (Å²) in [6, 6.07) is 8.02. The maximum absolute atomic E-state index is 13.6. The lowest BCUT2D eigenvalue weighted by Crippen LogP contribution is -2.16. The number of hydrogen-bond donors (Lipinski definition) is 2. The summed E-state index contributed by atoms with van der Waals surface area (Å²) in [4.78, 5) is 22.8. The van der Waals surface area contributed by atoms with Crippen molar-refractivity contribution < 1.29 is 23.5 Å². The van der Waals surface area contributed by atoms with E-state index in [9.17, 15) is 18.4 Å². The maximum Gasteiger partial charge on any atom is 0.337 e. The van der Waals surface area contributed by atoms with Gasteiger partial charge in [0.2, 0.25) is 0 Å². The van der Waals surface area contributed by atoms with Crippen molar-refractivity contribution in [1.82, 2.24) is 0 Å². The first-order valence-electron chi connectivity index (χ1n) is 5.58. The number of hydrogen-bond acceptors (Lipinski definition) is 2. The van der Waals surface area contributed by atoms with E-state index in [0.29, 0.717) is 0 Å². The summed E-state index contributed by atoms with van der Waals surface area (Å²) < 4.78 is 26.4. The molecule has 2 N–H and O–H groups in total. The average molecular weight is 277 g/mol. The Bertz CT molecular complexity index is 669. The molecule has 0 bridgehead atoms. The first-order valence-corrected chi connectivity index (χ1v) is 5.58. The zero-order chi connectivity index (χ0) is 14.7. The van der Waals surface area contributed by atoms with Crippen LogP contribution in [0.3, 0.4) is 0 Å². The van der Waals surface area contributed by atoms with Crippen LogP contribution in [0, 0.1) is 11.6 Å². The van der Waals surface area contributed by atoms with E-state index in [1.165, 1.54) is 24.3 Å². The number of carboxylic acids is 1. The third-order valence-electron chi connectivity index (χ3n) is 2.59. The summed E-state index contributed by atoms with van der Waals surface area (Å²) in [7, 11) is 0. The highest BCUT2D eigenvalue weighted by atomic mass is 19.1. The van der Waals surface area contributed by atoms with Crippen LogP contribution in [0.2, 0.25) is 0 Å². The van der Waals surface area contributed by atoms with Gasteiger partial charge in [0.05, 0.1) is 11.3 Å². The molecule has 0 aliphatic carbocycles. The molecule has 4 nitrogen and oxygen atoms in total. The molecule has 0 saturated carbocycles. The number of carbonyl (C=O) groups excluding carboxylic acids is 1. The summed E-state index contributed by atoms with van der Waals surface area (Å²) in [5.74, 6) is -3.46. The summed E-state index contributed by atoms with van der Waals surface area (Å²) in [6.45, 7) is 0. The second-order valence-electron chi connectivity index (χ2n) is 3.93. The summed E-state index contributed by atoms with van der Waals surface area (Å²) in [5, 5.41) is 11.1. The molecule has 0 saturated heterocycles. The van der Waals surface area contributed by atoms with Gasteiger partial charge in [0.25, 0.3) is 5.91 Å². The zero-order valence-corrected chi connectivity index (χ0v) is 10.1. The topological polar surface area (TPSA) is 66.4 Å². The molecule has 20 heavy (non-hydrogen) atoms. The smallest absolute Gasteiger partial charge is 0.337 e. The zero-order valence-electron chi connectivity index (χ0n) is 10.1. The Kier molecular flexibility index (Phi) is 3.74. The van der Waals surface area contributed by atoms with Crippen LogP contribution < -0.4 is 5.32 Å². The Morgan fingerprint density at radius 2 is 1.65 bits per heavy atom. The number of para-hydroxylation sites is 1. The number of benzene rings is 2. The van der Waals surface area contributed by atoms with Gasteiger partial charge in [-0.3, -0.25) is 4.79 Å². The third kappa shape index (κ3) is 2.80. The van der Waals surface area contributed by atoms with Gasteiger partial charge < -0.3 is 10.4 Å². The molecule has 2 aromatic carbocycles. The molecule has 0 aromatic heterocycles. The van der Waals surface area contributed by atoms with Crippen LogP contribution in [-0.2, 0) is 0 Å². The van der Waals surface area contributed by atoms with Crippen LogP contribution >= 0.6 is 0 Å². The quantitative estimate of drug-likeness (QED) is 0.906. The summed E-state index contributed by atoms with van der Waals surface area (Å²) >= 11 is 0. The molecular formula is C14H9F2NO3. The number of carbonyl (C=O) groups is 2. The van der Waals surface area contributed by atoms with Gasteiger partial charge in [-0.2, -0.15) is 0 Å². The van der Waals surface area contributed by atoms with E-state index in [4.69, 9.17) is 5.11 Å². The molecule has 2 aromatic rings. The number of halogens is 2. The molecule has 0 aliphatic rings. The highest BCUT2D eigenvalue weighted by molar-refractivity contribution is 6.07. The predicted molar refractivity (Wildman–Crippen MR) is 67.7 cm³/mol. The van der Waals surface area contributed by atoms with Gasteiger partial charge in [-0.15, -0.1) is 0 Å². The Morgan fingerprint density at radius 1 is 1.00 bits per heavy atom. The van der Waals surface area contributed by atoms with Gasteiger partial charge in [0.15, 0.2) is 0 Å². The van der Waals surface area contributed by atoms with Gasteiger partial charge in [-0.25, -0.2) is 13.6 Å². The van der Waals surface area contributed by atoms with Gasteiger partial charge in [-0.1, -0.05) is 6.07 Å². The molecule has 0 radical (unpaired) electrons. The van der Waals surface area contributed by atoms with Crippen molar-refractivity contribution >= 4 is 17.6 Å². The molecule has 102 valence electrons. The fourth-order valence-electron chi connectivity index (χ4n) is 1.62. The minimum absolute atomic E-state index is 0.0889. The highest BCUT2D eigenvalue weighted by Gasteiger charge is 2.17. The van der Waals surface area contributed by atoms with Crippen LogP contribution in [0.15, 0.2) is 42.5 Å². The molecule has 2 rings (SSSR count). The Labute approximate surface area is 112 Å². The average Bonchev–Trinajstić information content (AvgIpc) is 2.41. The summed E-state index contributed by atoms with van der Waals surface area (Å²) in [5.41, 5.74) is -0.694. The van der Waals surface area contributed by atoms with Crippen molar-refractivity contribution in [1.29, 1.82) is 0 Å². The van der Waals surface area contributed by atoms with Crippen molar-refractivity contribution in [3.63, 3.8) is 0 Å². The minimum atomic E-state index is -1.36. The van der Waals surface area contributed by atoms with Gasteiger partial charge in [0, 0.05) is 5.56 Å². The highest BCUT2D eigenvalue weighted by Crippen LogP contribution is 2.20. The van der Waals surface area contributed by atoms with Crippen LogP contribution in [0.25, 0.3) is 0 Å². The lowest BCUT2D eigenvalue weighted by molar-refractivity contribution is 0.0697. The van der Waals surface area contributed by atoms with E-state index < -0.39 is 29.2 Å². The fourth-order valence-corrected chi connectivity index (χ4v) is 1.62. The van der Waals surface area contributed by atoms with Crippen LogP contribution in [0.1, 0.15) is 20.7 Å². The van der Waals surface area contributed by atoms with E-state index in [1.54, 1.807) is 0 Å². The first-order chi connectivity index (χ1) is 9.49. The van der Waals surface area contributed by atoms with Gasteiger partial charge in [-0.05, 0) is 36.4 Å². The van der Waals surface area contributed by atoms with E-state index in [2.05, 4.69) is 5.32 Å². The van der Waals surface area contributed by atoms with Gasteiger partial charge in [0.1, 0.15) is 11.6 Å². The Balaban J connectivity index is 2.32. The summed E-state index contributed by atoms with van der Waals surface area (Å²) in [6.07, 6.45) is 0.